The molecule has 0 amide bonds. The Morgan fingerprint density at radius 3 is 2.45 bits per heavy atom. The van der Waals surface area contributed by atoms with Crippen LogP contribution in [0.5, 0.6) is 5.75 Å². The fourth-order valence-electron chi connectivity index (χ4n) is 4.73. The summed E-state index contributed by atoms with van der Waals surface area (Å²) < 4.78 is 11.7. The van der Waals surface area contributed by atoms with E-state index in [1.54, 1.807) is 11.8 Å². The van der Waals surface area contributed by atoms with Gasteiger partial charge in [0.2, 0.25) is 0 Å². The lowest BCUT2D eigenvalue weighted by atomic mass is 9.75. The van der Waals surface area contributed by atoms with Gasteiger partial charge < -0.3 is 9.47 Å². The first-order valence-corrected chi connectivity index (χ1v) is 15.2. The lowest BCUT2D eigenvalue weighted by molar-refractivity contribution is -0.157. The van der Waals surface area contributed by atoms with Crippen molar-refractivity contribution in [1.29, 1.82) is 0 Å². The molecule has 1 aliphatic carbocycles. The zero-order valence-electron chi connectivity index (χ0n) is 24.6. The van der Waals surface area contributed by atoms with Crippen LogP contribution < -0.4 is 10.1 Å². The average molecular weight is 558 g/mol. The van der Waals surface area contributed by atoms with E-state index in [0.29, 0.717) is 12.4 Å². The topological polar surface area (TPSA) is 47.6 Å². The molecule has 40 heavy (non-hydrogen) atoms. The van der Waals surface area contributed by atoms with E-state index in [1.165, 1.54) is 0 Å². The van der Waals surface area contributed by atoms with Gasteiger partial charge in [-0.15, -0.1) is 11.8 Å². The molecule has 3 rings (SSSR count). The summed E-state index contributed by atoms with van der Waals surface area (Å²) in [7, 11) is 0. The third kappa shape index (κ3) is 8.61. The van der Waals surface area contributed by atoms with Gasteiger partial charge in [0.05, 0.1) is 5.54 Å². The van der Waals surface area contributed by atoms with Crippen LogP contribution in [0.25, 0.3) is 0 Å². The minimum Gasteiger partial charge on any atom is -0.483 e. The highest BCUT2D eigenvalue weighted by Crippen LogP contribution is 2.39. The van der Waals surface area contributed by atoms with Crippen LogP contribution in [0.3, 0.4) is 0 Å². The summed E-state index contributed by atoms with van der Waals surface area (Å²) in [5.41, 5.74) is 2.83. The van der Waals surface area contributed by atoms with Crippen molar-refractivity contribution in [3.8, 4) is 5.75 Å². The van der Waals surface area contributed by atoms with Gasteiger partial charge in [-0.1, -0.05) is 91.1 Å². The summed E-state index contributed by atoms with van der Waals surface area (Å²) in [5.74, 6) is 1.12. The van der Waals surface area contributed by atoms with Gasteiger partial charge in [0.25, 0.3) is 0 Å². The largest absolute Gasteiger partial charge is 0.483 e. The second kappa shape index (κ2) is 14.9. The Labute approximate surface area is 244 Å². The molecule has 4 nitrogen and oxygen atoms in total. The molecule has 0 saturated carbocycles. The molecule has 0 spiro atoms. The summed E-state index contributed by atoms with van der Waals surface area (Å²) in [6, 6.07) is 17.7. The zero-order chi connectivity index (χ0) is 29.0. The van der Waals surface area contributed by atoms with Crippen molar-refractivity contribution < 1.29 is 14.3 Å². The first-order valence-electron chi connectivity index (χ1n) is 13.8. The van der Waals surface area contributed by atoms with Crippen LogP contribution in [-0.4, -0.2) is 29.8 Å². The van der Waals surface area contributed by atoms with E-state index in [2.05, 4.69) is 60.8 Å². The number of hydrogen-bond donors (Lipinski definition) is 1. The number of allylic oxidation sites excluding steroid dienone is 7. The van der Waals surface area contributed by atoms with Crippen molar-refractivity contribution in [1.82, 2.24) is 5.32 Å². The Morgan fingerprint density at radius 1 is 1.07 bits per heavy atom. The Bertz CT molecular complexity index is 1250. The number of benzene rings is 2. The number of rotatable bonds is 12. The van der Waals surface area contributed by atoms with Gasteiger partial charge >= 0.3 is 5.97 Å². The van der Waals surface area contributed by atoms with Gasteiger partial charge in [0.15, 0.2) is 0 Å². The fourth-order valence-corrected chi connectivity index (χ4v) is 4.98. The highest BCUT2D eigenvalue weighted by atomic mass is 32.2. The summed E-state index contributed by atoms with van der Waals surface area (Å²) in [6.07, 6.45) is 20.1. The molecule has 0 heterocycles. The summed E-state index contributed by atoms with van der Waals surface area (Å²) >= 11 is 1.63. The van der Waals surface area contributed by atoms with Crippen molar-refractivity contribution >= 4 is 17.7 Å². The molecule has 0 bridgehead atoms. The number of carbonyl (C=O) groups is 1. The highest BCUT2D eigenvalue weighted by molar-refractivity contribution is 7.98. The van der Waals surface area contributed by atoms with Gasteiger partial charge in [-0.25, -0.2) is 0 Å². The van der Waals surface area contributed by atoms with E-state index in [9.17, 15) is 4.79 Å². The Balaban J connectivity index is 2.16. The second-order valence-corrected chi connectivity index (χ2v) is 11.6. The SMILES string of the molecule is CC=CC=C(C)C(NC(Cc1ccc(OCSC)cc1)C(=O)OC(C)(C)C)(C1=CCC=CC=C1)c1ccccc1. The second-order valence-electron chi connectivity index (χ2n) is 10.8. The quantitative estimate of drug-likeness (QED) is 0.162. The van der Waals surface area contributed by atoms with Crippen molar-refractivity contribution in [3.63, 3.8) is 0 Å². The Morgan fingerprint density at radius 2 is 1.80 bits per heavy atom. The van der Waals surface area contributed by atoms with E-state index in [1.807, 2.05) is 88.6 Å². The minimum atomic E-state index is -0.772. The zero-order valence-corrected chi connectivity index (χ0v) is 25.5. The molecule has 2 atom stereocenters. The molecule has 212 valence electrons. The number of carbonyl (C=O) groups excluding carboxylic acids is 1. The molecule has 2 unspecified atom stereocenters. The Kier molecular flexibility index (Phi) is 11.7. The first-order chi connectivity index (χ1) is 19.2. The van der Waals surface area contributed by atoms with Crippen molar-refractivity contribution in [2.24, 2.45) is 0 Å². The Hall–Kier alpha value is -3.28. The molecular weight excluding hydrogens is 514 g/mol. The summed E-state index contributed by atoms with van der Waals surface area (Å²) in [5, 5.41) is 3.85. The van der Waals surface area contributed by atoms with Crippen molar-refractivity contribution in [2.45, 2.75) is 64.6 Å². The van der Waals surface area contributed by atoms with Crippen LogP contribution in [0, 0.1) is 0 Å². The molecule has 2 aromatic rings. The molecule has 0 saturated heterocycles. The normalized spacial score (nSPS) is 16.2. The number of ether oxygens (including phenoxy) is 2. The maximum Gasteiger partial charge on any atom is 0.324 e. The monoisotopic (exact) mass is 557 g/mol. The van der Waals surface area contributed by atoms with Gasteiger partial charge in [-0.2, -0.15) is 0 Å². The third-order valence-corrected chi connectivity index (χ3v) is 6.91. The average Bonchev–Trinajstić information content (AvgIpc) is 3.23. The molecule has 5 heteroatoms. The van der Waals surface area contributed by atoms with Crippen LogP contribution in [0.4, 0.5) is 0 Å². The molecule has 0 aliphatic heterocycles. The van der Waals surface area contributed by atoms with E-state index >= 15 is 0 Å². The van der Waals surface area contributed by atoms with E-state index in [4.69, 9.17) is 9.47 Å². The number of thioether (sulfide) groups is 1. The van der Waals surface area contributed by atoms with E-state index in [0.717, 1.165) is 34.4 Å². The molecule has 0 fully saturated rings. The molecule has 0 radical (unpaired) electrons. The maximum absolute atomic E-state index is 13.9. The third-order valence-electron chi connectivity index (χ3n) is 6.56. The summed E-state index contributed by atoms with van der Waals surface area (Å²) in [6.45, 7) is 9.85. The predicted octanol–water partition coefficient (Wildman–Crippen LogP) is 8.09. The smallest absolute Gasteiger partial charge is 0.324 e. The first kappa shape index (κ1) is 31.3. The van der Waals surface area contributed by atoms with Gasteiger partial charge in [0, 0.05) is 0 Å². The standard InChI is InChI=1S/C35H43NO3S/c1-7-8-16-27(2)35(30-19-14-11-15-20-30,29-17-12-9-10-13-18-29)36-32(33(37)39-34(3,4)5)25-28-21-23-31(24-22-28)38-26-40-6/h7-12,14-24,32,36H,13,25-26H2,1-6H3. The van der Waals surface area contributed by atoms with Gasteiger partial charge in [0.1, 0.15) is 23.3 Å². The molecule has 1 aliphatic rings. The van der Waals surface area contributed by atoms with E-state index < -0.39 is 17.2 Å². The van der Waals surface area contributed by atoms with Crippen LogP contribution in [0.15, 0.2) is 114 Å². The number of esters is 1. The molecule has 2 aromatic carbocycles. The minimum absolute atomic E-state index is 0.286. The number of nitrogens with one attached hydrogen (secondary N) is 1. The van der Waals surface area contributed by atoms with Crippen molar-refractivity contribution in [3.05, 3.63) is 125 Å². The lowest BCUT2D eigenvalue weighted by Gasteiger charge is -2.41. The van der Waals surface area contributed by atoms with Crippen LogP contribution in [0.2, 0.25) is 0 Å². The van der Waals surface area contributed by atoms with Crippen molar-refractivity contribution in [2.75, 3.05) is 12.2 Å². The summed E-state index contributed by atoms with van der Waals surface area (Å²) in [4.78, 5) is 13.9. The highest BCUT2D eigenvalue weighted by Gasteiger charge is 2.41. The van der Waals surface area contributed by atoms with Crippen LogP contribution >= 0.6 is 11.8 Å². The van der Waals surface area contributed by atoms with E-state index in [-0.39, 0.29) is 5.97 Å². The molecular formula is C35H43NO3S. The maximum atomic E-state index is 13.9. The predicted molar refractivity (Wildman–Crippen MR) is 170 cm³/mol. The number of hydrogen-bond acceptors (Lipinski definition) is 5. The fraction of sp³-hybridized carbons (Fsp3) is 0.343. The van der Waals surface area contributed by atoms with Crippen LogP contribution in [0.1, 0.15) is 52.2 Å². The lowest BCUT2D eigenvalue weighted by Crippen LogP contribution is -2.54. The van der Waals surface area contributed by atoms with Crippen LogP contribution in [-0.2, 0) is 21.5 Å². The molecule has 1 N–H and O–H groups in total. The van der Waals surface area contributed by atoms with Gasteiger partial charge in [-0.3, -0.25) is 10.1 Å². The molecule has 0 aromatic heterocycles. The van der Waals surface area contributed by atoms with Gasteiger partial charge in [-0.05, 0) is 88.1 Å².